The lowest BCUT2D eigenvalue weighted by atomic mass is 9.69. The fourth-order valence-corrected chi connectivity index (χ4v) is 12.9. The van der Waals surface area contributed by atoms with Gasteiger partial charge in [-0.2, -0.15) is 0 Å². The van der Waals surface area contributed by atoms with Crippen LogP contribution in [0, 0.1) is 47.0 Å². The first kappa shape index (κ1) is 51.5. The zero-order chi connectivity index (χ0) is 50.9. The number of halogens is 3. The van der Waals surface area contributed by atoms with E-state index in [0.29, 0.717) is 96.4 Å². The summed E-state index contributed by atoms with van der Waals surface area (Å²) in [7, 11) is 0. The highest BCUT2D eigenvalue weighted by Gasteiger charge is 2.54. The molecule has 10 rings (SSSR count). The number of Topliss-reactive ketones (excluding diaryl/α,β-unsaturated/α-hetero) is 1. The summed E-state index contributed by atoms with van der Waals surface area (Å²) in [4.78, 5) is 49.3. The van der Waals surface area contributed by atoms with Crippen LogP contribution in [0.15, 0.2) is 53.7 Å². The highest BCUT2D eigenvalue weighted by molar-refractivity contribution is 6.32. The van der Waals surface area contributed by atoms with E-state index in [4.69, 9.17) is 44.3 Å². The molecule has 3 aromatic rings. The topological polar surface area (TPSA) is 184 Å². The van der Waals surface area contributed by atoms with Crippen molar-refractivity contribution in [2.45, 2.75) is 155 Å². The number of hydrogen-bond acceptors (Lipinski definition) is 9. The second-order valence-electron chi connectivity index (χ2n) is 21.3. The Morgan fingerprint density at radius 3 is 1.01 bits per heavy atom. The lowest BCUT2D eigenvalue weighted by molar-refractivity contribution is -0.185. The summed E-state index contributed by atoms with van der Waals surface area (Å²) in [5.74, 6) is -0.610. The van der Waals surface area contributed by atoms with Crippen LogP contribution in [0.5, 0.6) is 0 Å². The molecule has 374 valence electrons. The van der Waals surface area contributed by atoms with Gasteiger partial charge in [0.1, 0.15) is 23.1 Å². The molecule has 3 aliphatic carbocycles. The van der Waals surface area contributed by atoms with E-state index in [1.54, 1.807) is 12.1 Å². The molecule has 4 heterocycles. The largest absolute Gasteiger partial charge is 0.509 e. The average molecular weight is 1020 g/mol. The van der Waals surface area contributed by atoms with Crippen LogP contribution in [0.1, 0.15) is 141 Å². The van der Waals surface area contributed by atoms with Gasteiger partial charge < -0.3 is 40.7 Å². The Balaban J connectivity index is 0.000000142. The van der Waals surface area contributed by atoms with Crippen LogP contribution in [-0.2, 0) is 28.7 Å². The van der Waals surface area contributed by atoms with Gasteiger partial charge in [-0.1, -0.05) is 48.7 Å². The van der Waals surface area contributed by atoms with Crippen molar-refractivity contribution in [2.75, 3.05) is 13.2 Å². The molecule has 0 atom stereocenters. The van der Waals surface area contributed by atoms with Gasteiger partial charge in [-0.15, -0.1) is 0 Å². The van der Waals surface area contributed by atoms with Crippen LogP contribution in [0.4, 0.5) is 0 Å². The van der Waals surface area contributed by atoms with Crippen LogP contribution >= 0.6 is 34.8 Å². The van der Waals surface area contributed by atoms with Crippen molar-refractivity contribution in [3.05, 3.63) is 119 Å². The number of hydrogen-bond donors (Lipinski definition) is 6. The maximum absolute atomic E-state index is 12.7. The van der Waals surface area contributed by atoms with Crippen molar-refractivity contribution < 1.29 is 44.0 Å². The molecule has 7 aliphatic rings. The van der Waals surface area contributed by atoms with E-state index >= 15 is 0 Å². The van der Waals surface area contributed by atoms with Gasteiger partial charge in [0.15, 0.2) is 5.79 Å². The Labute approximate surface area is 425 Å². The number of amides is 3. The van der Waals surface area contributed by atoms with Gasteiger partial charge in [-0.25, -0.2) is 0 Å². The molecule has 3 aromatic carbocycles. The normalized spacial score (nSPS) is 22.6. The number of ketones is 1. The Kier molecular flexibility index (Phi) is 14.0. The molecule has 4 spiro atoms. The van der Waals surface area contributed by atoms with Crippen LogP contribution < -0.4 is 16.0 Å². The third kappa shape index (κ3) is 9.39. The molecule has 6 N–H and O–H groups in total. The predicted octanol–water partition coefficient (Wildman–Crippen LogP) is 11.3. The quantitative estimate of drug-likeness (QED) is 0.149. The summed E-state index contributed by atoms with van der Waals surface area (Å²) in [6, 6.07) is 10.9. The fraction of sp³-hybridized carbons (Fsp3) is 0.491. The Hall–Kier alpha value is -4.85. The minimum Gasteiger partial charge on any atom is -0.509 e. The van der Waals surface area contributed by atoms with Gasteiger partial charge in [0.05, 0.1) is 46.5 Å². The maximum atomic E-state index is 12.7. The number of carbonyl (C=O) groups is 4. The Bertz CT molecular complexity index is 2720. The first-order valence-electron chi connectivity index (χ1n) is 24.2. The van der Waals surface area contributed by atoms with Gasteiger partial charge in [0, 0.05) is 40.8 Å². The zero-order valence-electron chi connectivity index (χ0n) is 41.3. The molecule has 3 amide bonds. The number of carbonyl (C=O) groups excluding carboxylic acids is 4. The van der Waals surface area contributed by atoms with Gasteiger partial charge in [-0.05, 0) is 185 Å². The molecule has 4 aliphatic heterocycles. The van der Waals surface area contributed by atoms with Gasteiger partial charge in [0.2, 0.25) is 0 Å². The highest BCUT2D eigenvalue weighted by atomic mass is 35.5. The third-order valence-corrected chi connectivity index (χ3v) is 16.5. The van der Waals surface area contributed by atoms with E-state index < -0.39 is 22.4 Å². The lowest BCUT2D eigenvalue weighted by Crippen LogP contribution is -2.51. The third-order valence-electron chi connectivity index (χ3n) is 15.8. The molecule has 0 aromatic heterocycles. The number of aryl methyl sites for hydroxylation is 6. The summed E-state index contributed by atoms with van der Waals surface area (Å²) in [6.45, 7) is 17.1. The average Bonchev–Trinajstić information content (AvgIpc) is 3.96. The molecule has 0 bridgehead atoms. The Morgan fingerprint density at radius 1 is 0.443 bits per heavy atom. The fourth-order valence-electron chi connectivity index (χ4n) is 11.9. The lowest BCUT2D eigenvalue weighted by Gasteiger charge is -2.41. The highest BCUT2D eigenvalue weighted by Crippen LogP contribution is 2.50. The van der Waals surface area contributed by atoms with E-state index in [1.165, 1.54) is 0 Å². The van der Waals surface area contributed by atoms with Gasteiger partial charge >= 0.3 is 0 Å². The smallest absolute Gasteiger partial charge is 0.256 e. The summed E-state index contributed by atoms with van der Waals surface area (Å²) < 4.78 is 11.5. The number of nitrogens with one attached hydrogen (secondary N) is 3. The van der Waals surface area contributed by atoms with Crippen molar-refractivity contribution in [3.63, 3.8) is 0 Å². The number of benzene rings is 3. The Morgan fingerprint density at radius 2 is 0.714 bits per heavy atom. The second-order valence-corrected chi connectivity index (χ2v) is 22.6. The van der Waals surface area contributed by atoms with Crippen molar-refractivity contribution in [2.24, 2.45) is 5.41 Å². The number of aliphatic hydroxyl groups excluding tert-OH is 3. The van der Waals surface area contributed by atoms with Crippen LogP contribution in [0.25, 0.3) is 16.7 Å². The molecular formula is C55H64Cl3N3O9. The summed E-state index contributed by atoms with van der Waals surface area (Å²) in [6.07, 6.45) is 7.74. The molecule has 12 nitrogen and oxygen atoms in total. The van der Waals surface area contributed by atoms with Crippen molar-refractivity contribution in [1.82, 2.24) is 16.0 Å². The SMILES string of the molecule is Cc1cc(Cl)cc(C)c1C1=C(O)C2(CCC(=O)CC2)NC1=O.Cc1cc(Cl)cc(C)c1C1=C(O)C2(CCC(C)(C)CC2)NC1=O.Cc1cc(Cl)cc(C)c1C1=C(O)C2(CCC3(CC2)OCCO3)NC1=O. The first-order valence-corrected chi connectivity index (χ1v) is 25.4. The van der Waals surface area contributed by atoms with Crippen molar-refractivity contribution in [1.29, 1.82) is 0 Å². The monoisotopic (exact) mass is 1020 g/mol. The maximum Gasteiger partial charge on any atom is 0.256 e. The summed E-state index contributed by atoms with van der Waals surface area (Å²) in [5, 5.41) is 43.6. The standard InChI is InChI=1S/C19H22ClNO4.C19H24ClNO2.C17H18ClNO3/c1-11-9-13(20)10-12(2)14(11)15-16(22)18(21-17(15)23)3-5-19(6-4-18)24-7-8-25-19;1-11-9-13(20)10-12(2)14(11)15-16(22)19(21-17(15)23)7-5-18(3,4)6-8-19;1-9-7-11(18)8-10(2)13(9)14-15(21)17(19-16(14)22)5-3-12(20)4-6-17/h9-10,22H,3-8H2,1-2H3,(H,21,23);9-10,22H,5-8H2,1-4H3,(H,21,23);7-8,21H,3-6H2,1-2H3,(H,19,22). The molecule has 1 saturated heterocycles. The van der Waals surface area contributed by atoms with Gasteiger partial charge in [-0.3, -0.25) is 19.2 Å². The molecule has 70 heavy (non-hydrogen) atoms. The summed E-state index contributed by atoms with van der Waals surface area (Å²) >= 11 is 18.2. The van der Waals surface area contributed by atoms with Crippen molar-refractivity contribution >= 4 is 75.0 Å². The second kappa shape index (κ2) is 19.0. The van der Waals surface area contributed by atoms with Crippen molar-refractivity contribution in [3.8, 4) is 0 Å². The first-order chi connectivity index (χ1) is 32.8. The van der Waals surface area contributed by atoms with E-state index in [2.05, 4.69) is 29.8 Å². The molecule has 15 heteroatoms. The minimum atomic E-state index is -0.779. The van der Waals surface area contributed by atoms with E-state index in [-0.39, 0.29) is 46.2 Å². The molecule has 0 radical (unpaired) electrons. The van der Waals surface area contributed by atoms with Crippen LogP contribution in [0.3, 0.4) is 0 Å². The molecule has 3 saturated carbocycles. The minimum absolute atomic E-state index is 0.0681. The molecule has 4 fully saturated rings. The number of ether oxygens (including phenoxy) is 2. The molecular weight excluding hydrogens is 953 g/mol. The summed E-state index contributed by atoms with van der Waals surface area (Å²) in [5.41, 5.74) is 6.92. The van der Waals surface area contributed by atoms with Crippen LogP contribution in [0.2, 0.25) is 15.1 Å². The van der Waals surface area contributed by atoms with Crippen LogP contribution in [-0.4, -0.2) is 74.4 Å². The predicted molar refractivity (Wildman–Crippen MR) is 273 cm³/mol. The van der Waals surface area contributed by atoms with E-state index in [0.717, 1.165) is 75.8 Å². The van der Waals surface area contributed by atoms with E-state index in [1.807, 2.05) is 65.8 Å². The van der Waals surface area contributed by atoms with Gasteiger partial charge in [0.25, 0.3) is 17.7 Å². The zero-order valence-corrected chi connectivity index (χ0v) is 43.6. The number of aliphatic hydroxyl groups is 3. The van der Waals surface area contributed by atoms with E-state index in [9.17, 15) is 34.5 Å². The number of rotatable bonds is 3. The molecule has 0 unspecified atom stereocenters.